The van der Waals surface area contributed by atoms with Crippen molar-refractivity contribution in [2.24, 2.45) is 0 Å². The molecule has 0 radical (unpaired) electrons. The maximum Gasteiger partial charge on any atom is 0.416 e. The Balaban J connectivity index is 1.69. The fourth-order valence-electron chi connectivity index (χ4n) is 4.18. The number of benzene rings is 3. The molecule has 0 saturated carbocycles. The molecule has 3 aromatic rings. The molecule has 0 bridgehead atoms. The smallest absolute Gasteiger partial charge is 0.416 e. The number of nitrogens with zero attached hydrogens (tertiary/aromatic N) is 2. The predicted octanol–water partition coefficient (Wildman–Crippen LogP) is 6.44. The van der Waals surface area contributed by atoms with Crippen LogP contribution in [0.5, 0.6) is 11.5 Å². The number of amides is 1. The van der Waals surface area contributed by atoms with Crippen LogP contribution in [-0.4, -0.2) is 36.5 Å². The fraction of sp³-hybridized carbons (Fsp3) is 0.259. The average Bonchev–Trinajstić information content (AvgIpc) is 3.44. The van der Waals surface area contributed by atoms with Crippen molar-refractivity contribution >= 4 is 28.9 Å². The van der Waals surface area contributed by atoms with Crippen LogP contribution in [0.2, 0.25) is 0 Å². The zero-order valence-electron chi connectivity index (χ0n) is 20.8. The van der Waals surface area contributed by atoms with Gasteiger partial charge in [-0.3, -0.25) is 14.9 Å². The van der Waals surface area contributed by atoms with Crippen LogP contribution in [0.25, 0.3) is 0 Å². The van der Waals surface area contributed by atoms with E-state index in [2.05, 4.69) is 5.32 Å². The van der Waals surface area contributed by atoms with E-state index in [4.69, 9.17) is 9.47 Å². The Morgan fingerprint density at radius 3 is 2.41 bits per heavy atom. The van der Waals surface area contributed by atoms with Gasteiger partial charge in [0.15, 0.2) is 5.75 Å². The Hall–Kier alpha value is -4.61. The lowest BCUT2D eigenvalue weighted by Gasteiger charge is -2.18. The van der Waals surface area contributed by atoms with Gasteiger partial charge >= 0.3 is 12.1 Å². The zero-order valence-corrected chi connectivity index (χ0v) is 20.8. The van der Waals surface area contributed by atoms with Crippen LogP contribution in [0.1, 0.15) is 46.0 Å². The molecule has 1 aliphatic heterocycles. The van der Waals surface area contributed by atoms with Crippen molar-refractivity contribution in [3.8, 4) is 11.5 Å². The Morgan fingerprint density at radius 1 is 1.03 bits per heavy atom. The van der Waals surface area contributed by atoms with Crippen molar-refractivity contribution in [3.05, 3.63) is 87.5 Å². The molecule has 0 spiro atoms. The summed E-state index contributed by atoms with van der Waals surface area (Å²) in [4.78, 5) is 38.4. The van der Waals surface area contributed by atoms with E-state index in [9.17, 15) is 32.9 Å². The number of para-hydroxylation sites is 1. The summed E-state index contributed by atoms with van der Waals surface area (Å²) in [6.45, 7) is 3.00. The molecule has 1 N–H and O–H groups in total. The molecule has 204 valence electrons. The molecule has 0 aromatic heterocycles. The number of nitro benzene ring substituents is 1. The fourth-order valence-corrected chi connectivity index (χ4v) is 4.18. The quantitative estimate of drug-likeness (QED) is 0.198. The second kappa shape index (κ2) is 11.4. The van der Waals surface area contributed by atoms with Crippen LogP contribution in [0, 0.1) is 10.1 Å². The molecule has 1 aliphatic rings. The highest BCUT2D eigenvalue weighted by atomic mass is 19.4. The number of hydrogen-bond donors (Lipinski definition) is 1. The normalized spacial score (nSPS) is 13.2. The third kappa shape index (κ3) is 6.28. The van der Waals surface area contributed by atoms with Crippen LogP contribution in [-0.2, 0) is 10.9 Å². The summed E-state index contributed by atoms with van der Waals surface area (Å²) in [7, 11) is 0. The van der Waals surface area contributed by atoms with Gasteiger partial charge in [-0.05, 0) is 62.2 Å². The summed E-state index contributed by atoms with van der Waals surface area (Å²) < 4.78 is 51.2. The Bertz CT molecular complexity index is 1400. The van der Waals surface area contributed by atoms with Crippen LogP contribution < -0.4 is 15.0 Å². The van der Waals surface area contributed by atoms with Crippen molar-refractivity contribution in [1.29, 1.82) is 0 Å². The summed E-state index contributed by atoms with van der Waals surface area (Å²) in [5.74, 6) is -1.77. The topological polar surface area (TPSA) is 111 Å². The van der Waals surface area contributed by atoms with Gasteiger partial charge in [-0.15, -0.1) is 0 Å². The van der Waals surface area contributed by atoms with E-state index < -0.39 is 28.5 Å². The van der Waals surface area contributed by atoms with E-state index in [0.717, 1.165) is 31.0 Å². The number of alkyl halides is 3. The maximum atomic E-state index is 13.5. The molecule has 12 heteroatoms. The minimum absolute atomic E-state index is 0.00295. The summed E-state index contributed by atoms with van der Waals surface area (Å²) in [5, 5.41) is 14.1. The van der Waals surface area contributed by atoms with Gasteiger partial charge in [0.2, 0.25) is 0 Å². The van der Waals surface area contributed by atoms with E-state index in [0.29, 0.717) is 24.8 Å². The standard InChI is InChI=1S/C27H24F3N3O6/c1-2-38-26(35)19-7-3-4-8-23(19)39-24-12-10-18(27(28,29)30)16-20(24)31-25(34)17-9-11-21(22(15-17)33(36)37)32-13-5-6-14-32/h3-4,7-12,15-16H,2,5-6,13-14H2,1H3,(H,31,34). The van der Waals surface area contributed by atoms with Crippen molar-refractivity contribution < 1.29 is 37.2 Å². The number of carbonyl (C=O) groups is 2. The second-order valence-corrected chi connectivity index (χ2v) is 8.64. The van der Waals surface area contributed by atoms with Gasteiger partial charge in [0.05, 0.1) is 22.8 Å². The van der Waals surface area contributed by atoms with E-state index >= 15 is 0 Å². The first kappa shape index (κ1) is 27.4. The Labute approximate surface area is 221 Å². The number of nitro groups is 1. The molecule has 9 nitrogen and oxygen atoms in total. The van der Waals surface area contributed by atoms with Gasteiger partial charge in [-0.1, -0.05) is 12.1 Å². The number of carbonyl (C=O) groups excluding carboxylic acids is 2. The van der Waals surface area contributed by atoms with Gasteiger partial charge in [0, 0.05) is 24.7 Å². The summed E-state index contributed by atoms with van der Waals surface area (Å²) >= 11 is 0. The number of rotatable bonds is 8. The highest BCUT2D eigenvalue weighted by molar-refractivity contribution is 6.06. The minimum atomic E-state index is -4.73. The van der Waals surface area contributed by atoms with Crippen LogP contribution in [0.15, 0.2) is 60.7 Å². The average molecular weight is 543 g/mol. The molecule has 0 aliphatic carbocycles. The maximum absolute atomic E-state index is 13.5. The van der Waals surface area contributed by atoms with Gasteiger partial charge in [-0.25, -0.2) is 4.79 Å². The second-order valence-electron chi connectivity index (χ2n) is 8.64. The molecule has 3 aromatic carbocycles. The first-order valence-corrected chi connectivity index (χ1v) is 12.1. The highest BCUT2D eigenvalue weighted by Gasteiger charge is 2.32. The molecule has 1 fully saturated rings. The summed E-state index contributed by atoms with van der Waals surface area (Å²) in [5.41, 5.74) is -1.41. The minimum Gasteiger partial charge on any atom is -0.462 e. The third-order valence-electron chi connectivity index (χ3n) is 6.04. The van der Waals surface area contributed by atoms with Crippen molar-refractivity contribution in [3.63, 3.8) is 0 Å². The number of anilines is 2. The lowest BCUT2D eigenvalue weighted by molar-refractivity contribution is -0.384. The van der Waals surface area contributed by atoms with E-state index in [1.54, 1.807) is 19.1 Å². The SMILES string of the molecule is CCOC(=O)c1ccccc1Oc1ccc(C(F)(F)F)cc1NC(=O)c1ccc(N2CCCC2)c([N+](=O)[O-])c1. The van der Waals surface area contributed by atoms with Crippen LogP contribution >= 0.6 is 0 Å². The number of nitrogens with one attached hydrogen (secondary N) is 1. The van der Waals surface area contributed by atoms with E-state index in [1.165, 1.54) is 24.3 Å². The number of esters is 1. The summed E-state index contributed by atoms with van der Waals surface area (Å²) in [6, 6.07) is 12.4. The van der Waals surface area contributed by atoms with Gasteiger partial charge in [-0.2, -0.15) is 13.2 Å². The van der Waals surface area contributed by atoms with Gasteiger partial charge < -0.3 is 19.7 Å². The Morgan fingerprint density at radius 2 is 1.74 bits per heavy atom. The van der Waals surface area contributed by atoms with Crippen molar-refractivity contribution in [1.82, 2.24) is 0 Å². The molecular formula is C27H24F3N3O6. The number of hydrogen-bond acceptors (Lipinski definition) is 7. The third-order valence-corrected chi connectivity index (χ3v) is 6.04. The van der Waals surface area contributed by atoms with Crippen LogP contribution in [0.4, 0.5) is 30.2 Å². The number of ether oxygens (including phenoxy) is 2. The van der Waals surface area contributed by atoms with E-state index in [-0.39, 0.29) is 40.6 Å². The highest BCUT2D eigenvalue weighted by Crippen LogP contribution is 2.38. The first-order chi connectivity index (χ1) is 18.6. The number of halogens is 3. The van der Waals surface area contributed by atoms with Gasteiger partial charge in [0.1, 0.15) is 17.0 Å². The molecule has 0 unspecified atom stereocenters. The molecule has 39 heavy (non-hydrogen) atoms. The molecular weight excluding hydrogens is 519 g/mol. The molecule has 1 heterocycles. The van der Waals surface area contributed by atoms with Crippen LogP contribution in [0.3, 0.4) is 0 Å². The van der Waals surface area contributed by atoms with Crippen molar-refractivity contribution in [2.75, 3.05) is 29.9 Å². The first-order valence-electron chi connectivity index (χ1n) is 12.1. The van der Waals surface area contributed by atoms with Gasteiger partial charge in [0.25, 0.3) is 11.6 Å². The van der Waals surface area contributed by atoms with E-state index in [1.807, 2.05) is 4.90 Å². The Kier molecular flexibility index (Phi) is 8.03. The van der Waals surface area contributed by atoms with Crippen molar-refractivity contribution in [2.45, 2.75) is 25.9 Å². The summed E-state index contributed by atoms with van der Waals surface area (Å²) in [6.07, 6.45) is -2.95. The zero-order chi connectivity index (χ0) is 28.2. The lowest BCUT2D eigenvalue weighted by atomic mass is 10.1. The lowest BCUT2D eigenvalue weighted by Crippen LogP contribution is -2.20. The molecule has 1 saturated heterocycles. The molecule has 1 amide bonds. The predicted molar refractivity (Wildman–Crippen MR) is 136 cm³/mol. The monoisotopic (exact) mass is 543 g/mol. The largest absolute Gasteiger partial charge is 0.462 e. The molecule has 0 atom stereocenters. The molecule has 4 rings (SSSR count).